The Morgan fingerprint density at radius 2 is 1.00 bits per heavy atom. The quantitative estimate of drug-likeness (QED) is 0.0197. The minimum atomic E-state index is -4.64. The van der Waals surface area contributed by atoms with E-state index in [0.29, 0.717) is 23.9 Å². The predicted octanol–water partition coefficient (Wildman–Crippen LogP) is 12.2. The molecule has 0 heterocycles. The fraction of sp³-hybridized carbons (Fsp3) is 0.745. The van der Waals surface area contributed by atoms with Crippen molar-refractivity contribution in [2.24, 2.45) is 0 Å². The predicted molar refractivity (Wildman–Crippen MR) is 236 cm³/mol. The Balaban J connectivity index is 4.43. The maximum absolute atomic E-state index is 12.7. The summed E-state index contributed by atoms with van der Waals surface area (Å²) in [6, 6.07) is 0. The number of rotatable bonds is 40. The number of allylic oxidation sites excluding steroid dienone is 10. The average molecular weight is 822 g/mol. The molecule has 0 aliphatic carbocycles. The van der Waals surface area contributed by atoms with Crippen molar-refractivity contribution in [3.05, 3.63) is 60.8 Å². The molecule has 10 heteroatoms. The Morgan fingerprint density at radius 3 is 1.47 bits per heavy atom. The third-order valence-corrected chi connectivity index (χ3v) is 10.3. The maximum atomic E-state index is 12.7. The van der Waals surface area contributed by atoms with Crippen molar-refractivity contribution < 1.29 is 42.1 Å². The summed E-state index contributed by atoms with van der Waals surface area (Å²) in [5.74, 6) is -0.902. The highest BCUT2D eigenvalue weighted by molar-refractivity contribution is 7.45. The molecule has 0 spiro atoms. The van der Waals surface area contributed by atoms with Crippen LogP contribution in [0.3, 0.4) is 0 Å². The minimum Gasteiger partial charge on any atom is -0.756 e. The number of hydrogen-bond donors (Lipinski definition) is 0. The van der Waals surface area contributed by atoms with E-state index in [1.807, 2.05) is 27.2 Å². The van der Waals surface area contributed by atoms with Crippen LogP contribution >= 0.6 is 7.82 Å². The van der Waals surface area contributed by atoms with Gasteiger partial charge >= 0.3 is 11.9 Å². The number of carbonyl (C=O) groups is 2. The fourth-order valence-electron chi connectivity index (χ4n) is 5.81. The van der Waals surface area contributed by atoms with Gasteiger partial charge in [0.1, 0.15) is 19.8 Å². The zero-order chi connectivity index (χ0) is 42.1. The SMILES string of the molecule is CC/C=C/C/C=C/C/C=C/C/C=C/C/C=C/CCCC(=O)OC[C@H](COP(=O)([O-])OCC[N+](C)(C)C)OC(=O)CCCCCCCCCCCCCCCCCC. The molecule has 0 N–H and O–H groups in total. The third kappa shape index (κ3) is 43.1. The van der Waals surface area contributed by atoms with Gasteiger partial charge in [0.05, 0.1) is 27.7 Å². The van der Waals surface area contributed by atoms with Crippen LogP contribution in [0.2, 0.25) is 0 Å². The van der Waals surface area contributed by atoms with Gasteiger partial charge in [0.2, 0.25) is 0 Å². The van der Waals surface area contributed by atoms with E-state index in [1.165, 1.54) is 77.0 Å². The molecule has 0 saturated carbocycles. The lowest BCUT2D eigenvalue weighted by atomic mass is 10.0. The average Bonchev–Trinajstić information content (AvgIpc) is 3.16. The number of unbranched alkanes of at least 4 members (excludes halogenated alkanes) is 16. The molecule has 0 aromatic carbocycles. The molecule has 57 heavy (non-hydrogen) atoms. The number of hydrogen-bond acceptors (Lipinski definition) is 8. The van der Waals surface area contributed by atoms with Gasteiger partial charge in [-0.05, 0) is 51.4 Å². The van der Waals surface area contributed by atoms with Crippen LogP contribution in [0.1, 0.15) is 174 Å². The molecule has 2 atom stereocenters. The first-order valence-electron chi connectivity index (χ1n) is 22.5. The molecule has 0 saturated heterocycles. The van der Waals surface area contributed by atoms with E-state index in [9.17, 15) is 19.0 Å². The number of nitrogens with zero attached hydrogens (tertiary/aromatic N) is 1. The molecule has 9 nitrogen and oxygen atoms in total. The van der Waals surface area contributed by atoms with E-state index in [-0.39, 0.29) is 26.1 Å². The third-order valence-electron chi connectivity index (χ3n) is 9.30. The lowest BCUT2D eigenvalue weighted by Crippen LogP contribution is -2.37. The Labute approximate surface area is 349 Å². The normalized spacial score (nSPS) is 14.1. The fourth-order valence-corrected chi connectivity index (χ4v) is 6.54. The van der Waals surface area contributed by atoms with Crippen molar-refractivity contribution in [2.45, 2.75) is 180 Å². The monoisotopic (exact) mass is 822 g/mol. The van der Waals surface area contributed by atoms with Crippen LogP contribution in [0.4, 0.5) is 0 Å². The number of quaternary nitrogens is 1. The highest BCUT2D eigenvalue weighted by atomic mass is 31.2. The lowest BCUT2D eigenvalue weighted by Gasteiger charge is -2.28. The molecule has 0 aromatic rings. The largest absolute Gasteiger partial charge is 0.756 e. The van der Waals surface area contributed by atoms with Gasteiger partial charge in [-0.3, -0.25) is 14.2 Å². The van der Waals surface area contributed by atoms with Gasteiger partial charge in [-0.25, -0.2) is 0 Å². The van der Waals surface area contributed by atoms with Gasteiger partial charge in [-0.15, -0.1) is 0 Å². The number of carbonyl (C=O) groups excluding carboxylic acids is 2. The Morgan fingerprint density at radius 1 is 0.561 bits per heavy atom. The second kappa shape index (κ2) is 39.2. The molecule has 0 rings (SSSR count). The van der Waals surface area contributed by atoms with Crippen molar-refractivity contribution in [3.8, 4) is 0 Å². The summed E-state index contributed by atoms with van der Waals surface area (Å²) in [7, 11) is 1.13. The highest BCUT2D eigenvalue weighted by Gasteiger charge is 2.21. The van der Waals surface area contributed by atoms with Crippen LogP contribution in [-0.2, 0) is 32.7 Å². The summed E-state index contributed by atoms with van der Waals surface area (Å²) in [6.07, 6.45) is 46.8. The minimum absolute atomic E-state index is 0.0408. The number of ether oxygens (including phenoxy) is 2. The zero-order valence-electron chi connectivity index (χ0n) is 37.0. The topological polar surface area (TPSA) is 111 Å². The van der Waals surface area contributed by atoms with Gasteiger partial charge in [-0.1, -0.05) is 171 Å². The van der Waals surface area contributed by atoms with Crippen LogP contribution < -0.4 is 4.89 Å². The van der Waals surface area contributed by atoms with Crippen molar-refractivity contribution in [2.75, 3.05) is 47.5 Å². The Hall–Kier alpha value is -2.29. The molecule has 0 aliphatic rings. The summed E-state index contributed by atoms with van der Waals surface area (Å²) < 4.78 is 33.9. The number of phosphoric acid groups is 1. The van der Waals surface area contributed by atoms with Gasteiger partial charge in [0.25, 0.3) is 7.82 Å². The standard InChI is InChI=1S/C47H84NO8P/c1-6-8-10-12-14-16-18-20-22-24-26-27-29-31-33-35-37-39-46(49)53-43-45(44-55-57(51,52)54-42-41-48(3,4)5)56-47(50)40-38-36-34-32-30-28-25-23-21-19-17-15-13-11-9-7-2/h8,10,14,16,20,22,26-27,31,33,45H,6-7,9,11-13,15,17-19,21,23-25,28-30,32,34-44H2,1-5H3/b10-8+,16-14+,22-20+,27-26+,33-31+/t45-/m1/s1. The first kappa shape index (κ1) is 54.7. The molecule has 1 unspecified atom stereocenters. The van der Waals surface area contributed by atoms with Crippen LogP contribution in [0.15, 0.2) is 60.8 Å². The molecule has 0 aromatic heterocycles. The number of phosphoric ester groups is 1. The van der Waals surface area contributed by atoms with Crippen molar-refractivity contribution >= 4 is 19.8 Å². The van der Waals surface area contributed by atoms with Gasteiger partial charge in [0, 0.05) is 12.8 Å². The molecule has 0 amide bonds. The molecule has 0 radical (unpaired) electrons. The van der Waals surface area contributed by atoms with Crippen molar-refractivity contribution in [3.63, 3.8) is 0 Å². The smallest absolute Gasteiger partial charge is 0.306 e. The molecular formula is C47H84NO8P. The Kier molecular flexibility index (Phi) is 37.6. The van der Waals surface area contributed by atoms with Gasteiger partial charge < -0.3 is 27.9 Å². The number of esters is 2. The second-order valence-electron chi connectivity index (χ2n) is 16.0. The van der Waals surface area contributed by atoms with Crippen LogP contribution in [0.25, 0.3) is 0 Å². The van der Waals surface area contributed by atoms with E-state index < -0.39 is 32.5 Å². The molecular weight excluding hydrogens is 737 g/mol. The highest BCUT2D eigenvalue weighted by Crippen LogP contribution is 2.38. The summed E-state index contributed by atoms with van der Waals surface area (Å²) in [6.45, 7) is 4.05. The van der Waals surface area contributed by atoms with E-state index in [4.69, 9.17) is 18.5 Å². The van der Waals surface area contributed by atoms with E-state index in [0.717, 1.165) is 57.8 Å². The summed E-state index contributed by atoms with van der Waals surface area (Å²) in [5, 5.41) is 0. The summed E-state index contributed by atoms with van der Waals surface area (Å²) >= 11 is 0. The van der Waals surface area contributed by atoms with Crippen LogP contribution in [-0.4, -0.2) is 70.0 Å². The van der Waals surface area contributed by atoms with Crippen LogP contribution in [0.5, 0.6) is 0 Å². The van der Waals surface area contributed by atoms with E-state index >= 15 is 0 Å². The lowest BCUT2D eigenvalue weighted by molar-refractivity contribution is -0.870. The molecule has 330 valence electrons. The van der Waals surface area contributed by atoms with Crippen LogP contribution in [0, 0.1) is 0 Å². The van der Waals surface area contributed by atoms with Gasteiger partial charge in [-0.2, -0.15) is 0 Å². The first-order valence-corrected chi connectivity index (χ1v) is 24.0. The molecule has 0 bridgehead atoms. The van der Waals surface area contributed by atoms with Crippen molar-refractivity contribution in [1.29, 1.82) is 0 Å². The number of likely N-dealkylation sites (N-methyl/N-ethyl adjacent to an activating group) is 1. The zero-order valence-corrected chi connectivity index (χ0v) is 37.9. The second-order valence-corrected chi connectivity index (χ2v) is 17.4. The Bertz CT molecular complexity index is 1160. The van der Waals surface area contributed by atoms with E-state index in [2.05, 4.69) is 68.5 Å². The van der Waals surface area contributed by atoms with Gasteiger partial charge in [0.15, 0.2) is 6.10 Å². The first-order chi connectivity index (χ1) is 27.5. The summed E-state index contributed by atoms with van der Waals surface area (Å²) in [5.41, 5.74) is 0. The van der Waals surface area contributed by atoms with Crippen molar-refractivity contribution in [1.82, 2.24) is 0 Å². The maximum Gasteiger partial charge on any atom is 0.306 e. The summed E-state index contributed by atoms with van der Waals surface area (Å²) in [4.78, 5) is 37.5. The molecule has 0 aliphatic heterocycles. The van der Waals surface area contributed by atoms with E-state index in [1.54, 1.807) is 0 Å². The molecule has 0 fully saturated rings.